The minimum Gasteiger partial charge on any atom is -0.321 e. The van der Waals surface area contributed by atoms with E-state index in [4.69, 9.17) is 16.6 Å². The third kappa shape index (κ3) is 2.87. The number of nitrogens with zero attached hydrogens (tertiary/aromatic N) is 3. The summed E-state index contributed by atoms with van der Waals surface area (Å²) in [5.74, 6) is -0.261. The molecule has 0 aliphatic heterocycles. The number of aromatic nitrogens is 3. The summed E-state index contributed by atoms with van der Waals surface area (Å²) < 4.78 is 0. The zero-order chi connectivity index (χ0) is 21.7. The molecule has 3 aromatic heterocycles. The Labute approximate surface area is 187 Å². The van der Waals surface area contributed by atoms with E-state index in [1.54, 1.807) is 18.5 Å². The molecular formula is C26H15ClN4O. The molecule has 0 unspecified atom stereocenters. The number of anilines is 1. The fraction of sp³-hybridized carbons (Fsp3) is 0. The number of carbonyl (C=O) groups is 1. The SMILES string of the molecule is O=C(Nc1cc2cccnc2c2ncccc12)c1cccc2c(Cl)c3ccccc3nc12. The second-order valence-corrected chi connectivity index (χ2v) is 7.88. The summed E-state index contributed by atoms with van der Waals surface area (Å²) in [6, 6.07) is 22.6. The predicted octanol–water partition coefficient (Wildman–Crippen LogP) is 6.39. The molecule has 6 heteroatoms. The fourth-order valence-corrected chi connectivity index (χ4v) is 4.43. The largest absolute Gasteiger partial charge is 0.321 e. The van der Waals surface area contributed by atoms with Crippen LogP contribution >= 0.6 is 11.6 Å². The number of nitrogens with one attached hydrogen (secondary N) is 1. The van der Waals surface area contributed by atoms with E-state index in [9.17, 15) is 4.79 Å². The molecule has 0 radical (unpaired) electrons. The normalized spacial score (nSPS) is 11.4. The average Bonchev–Trinajstić information content (AvgIpc) is 2.84. The van der Waals surface area contributed by atoms with Gasteiger partial charge in [0.2, 0.25) is 0 Å². The van der Waals surface area contributed by atoms with Gasteiger partial charge in [-0.15, -0.1) is 0 Å². The minimum atomic E-state index is -0.261. The Morgan fingerprint density at radius 2 is 1.50 bits per heavy atom. The summed E-state index contributed by atoms with van der Waals surface area (Å²) >= 11 is 6.67. The monoisotopic (exact) mass is 434 g/mol. The first-order valence-corrected chi connectivity index (χ1v) is 10.5. The van der Waals surface area contributed by atoms with E-state index in [1.165, 1.54) is 0 Å². The van der Waals surface area contributed by atoms with E-state index in [-0.39, 0.29) is 5.91 Å². The van der Waals surface area contributed by atoms with Crippen molar-refractivity contribution >= 4 is 66.8 Å². The summed E-state index contributed by atoms with van der Waals surface area (Å²) in [6.07, 6.45) is 3.47. The Morgan fingerprint density at radius 3 is 2.41 bits per heavy atom. The summed E-state index contributed by atoms with van der Waals surface area (Å²) in [7, 11) is 0. The molecule has 6 rings (SSSR count). The molecule has 0 fully saturated rings. The summed E-state index contributed by atoms with van der Waals surface area (Å²) in [5.41, 5.74) is 3.98. The van der Waals surface area contributed by atoms with Crippen LogP contribution in [0, 0.1) is 0 Å². The van der Waals surface area contributed by atoms with Gasteiger partial charge in [-0.3, -0.25) is 14.8 Å². The number of hydrogen-bond acceptors (Lipinski definition) is 4. The smallest absolute Gasteiger partial charge is 0.257 e. The molecule has 152 valence electrons. The van der Waals surface area contributed by atoms with Crippen LogP contribution in [0.1, 0.15) is 10.4 Å². The predicted molar refractivity (Wildman–Crippen MR) is 129 cm³/mol. The van der Waals surface area contributed by atoms with Crippen LogP contribution in [-0.2, 0) is 0 Å². The van der Waals surface area contributed by atoms with Crippen LogP contribution < -0.4 is 5.32 Å². The molecule has 3 aromatic carbocycles. The van der Waals surface area contributed by atoms with Crippen molar-refractivity contribution in [3.8, 4) is 0 Å². The van der Waals surface area contributed by atoms with E-state index in [0.717, 1.165) is 38.1 Å². The van der Waals surface area contributed by atoms with Gasteiger partial charge in [0.15, 0.2) is 0 Å². The van der Waals surface area contributed by atoms with E-state index in [0.29, 0.717) is 21.8 Å². The van der Waals surface area contributed by atoms with Crippen LogP contribution in [-0.4, -0.2) is 20.9 Å². The fourth-order valence-electron chi connectivity index (χ4n) is 4.12. The van der Waals surface area contributed by atoms with Crippen LogP contribution in [0.5, 0.6) is 0 Å². The molecule has 0 spiro atoms. The standard InChI is InChI=1S/C26H15ClN4O/c27-22-16-7-1-2-11-20(16)30-24-18(22)8-3-9-19(24)26(32)31-21-14-15-6-4-12-28-23(15)25-17(21)10-5-13-29-25/h1-14H,(H,31,32). The number of benzene rings is 3. The zero-order valence-corrected chi connectivity index (χ0v) is 17.5. The first-order valence-electron chi connectivity index (χ1n) is 10.1. The van der Waals surface area contributed by atoms with Gasteiger partial charge in [-0.25, -0.2) is 4.98 Å². The lowest BCUT2D eigenvalue weighted by Crippen LogP contribution is -2.13. The molecule has 0 atom stereocenters. The van der Waals surface area contributed by atoms with Gasteiger partial charge in [0, 0.05) is 33.9 Å². The van der Waals surface area contributed by atoms with Gasteiger partial charge in [-0.2, -0.15) is 0 Å². The van der Waals surface area contributed by atoms with Crippen LogP contribution in [0.4, 0.5) is 5.69 Å². The van der Waals surface area contributed by atoms with Crippen molar-refractivity contribution < 1.29 is 4.79 Å². The topological polar surface area (TPSA) is 67.8 Å². The maximum Gasteiger partial charge on any atom is 0.257 e. The molecule has 0 saturated carbocycles. The summed E-state index contributed by atoms with van der Waals surface area (Å²) in [6.45, 7) is 0. The number of para-hydroxylation sites is 2. The van der Waals surface area contributed by atoms with Crippen molar-refractivity contribution in [2.24, 2.45) is 0 Å². The third-order valence-corrected chi connectivity index (χ3v) is 6.01. The van der Waals surface area contributed by atoms with Crippen LogP contribution in [0.3, 0.4) is 0 Å². The van der Waals surface area contributed by atoms with Crippen LogP contribution in [0.15, 0.2) is 85.2 Å². The zero-order valence-electron chi connectivity index (χ0n) is 16.7. The third-order valence-electron chi connectivity index (χ3n) is 5.60. The highest BCUT2D eigenvalue weighted by Crippen LogP contribution is 2.33. The van der Waals surface area contributed by atoms with E-state index < -0.39 is 0 Å². The lowest BCUT2D eigenvalue weighted by Gasteiger charge is -2.13. The summed E-state index contributed by atoms with van der Waals surface area (Å²) in [4.78, 5) is 27.1. The Bertz CT molecular complexity index is 1700. The van der Waals surface area contributed by atoms with Gasteiger partial charge < -0.3 is 5.32 Å². The highest BCUT2D eigenvalue weighted by atomic mass is 35.5. The maximum absolute atomic E-state index is 13.4. The molecule has 0 aliphatic carbocycles. The lowest BCUT2D eigenvalue weighted by molar-refractivity contribution is 0.102. The minimum absolute atomic E-state index is 0.261. The van der Waals surface area contributed by atoms with Crippen molar-refractivity contribution in [3.63, 3.8) is 0 Å². The van der Waals surface area contributed by atoms with Crippen molar-refractivity contribution in [2.75, 3.05) is 5.32 Å². The van der Waals surface area contributed by atoms with Crippen molar-refractivity contribution in [1.29, 1.82) is 0 Å². The quantitative estimate of drug-likeness (QED) is 0.253. The Hall–Kier alpha value is -4.09. The van der Waals surface area contributed by atoms with E-state index in [1.807, 2.05) is 66.7 Å². The molecular weight excluding hydrogens is 420 g/mol. The second kappa shape index (κ2) is 7.25. The molecule has 3 heterocycles. The van der Waals surface area contributed by atoms with Gasteiger partial charge in [0.1, 0.15) is 0 Å². The highest BCUT2D eigenvalue weighted by molar-refractivity contribution is 6.40. The average molecular weight is 435 g/mol. The highest BCUT2D eigenvalue weighted by Gasteiger charge is 2.17. The number of fused-ring (bicyclic) bond motifs is 5. The first-order chi connectivity index (χ1) is 15.7. The molecule has 1 N–H and O–H groups in total. The lowest BCUT2D eigenvalue weighted by atomic mass is 10.1. The van der Waals surface area contributed by atoms with Gasteiger partial charge in [-0.05, 0) is 36.4 Å². The van der Waals surface area contributed by atoms with Crippen LogP contribution in [0.2, 0.25) is 5.02 Å². The first kappa shape index (κ1) is 18.7. The van der Waals surface area contributed by atoms with Gasteiger partial charge >= 0.3 is 0 Å². The molecule has 32 heavy (non-hydrogen) atoms. The molecule has 5 nitrogen and oxygen atoms in total. The number of carbonyl (C=O) groups excluding carboxylic acids is 1. The number of pyridine rings is 3. The molecule has 1 amide bonds. The van der Waals surface area contributed by atoms with Crippen molar-refractivity contribution in [2.45, 2.75) is 0 Å². The van der Waals surface area contributed by atoms with Gasteiger partial charge in [0.05, 0.1) is 38.3 Å². The number of hydrogen-bond donors (Lipinski definition) is 1. The summed E-state index contributed by atoms with van der Waals surface area (Å²) in [5, 5.41) is 6.98. The second-order valence-electron chi connectivity index (χ2n) is 7.50. The Kier molecular flexibility index (Phi) is 4.23. The van der Waals surface area contributed by atoms with E-state index in [2.05, 4.69) is 15.3 Å². The number of amides is 1. The molecule has 0 aliphatic rings. The van der Waals surface area contributed by atoms with E-state index >= 15 is 0 Å². The number of halogens is 1. The van der Waals surface area contributed by atoms with Gasteiger partial charge in [-0.1, -0.05) is 48.0 Å². The Balaban J connectivity index is 1.52. The van der Waals surface area contributed by atoms with Crippen molar-refractivity contribution in [1.82, 2.24) is 15.0 Å². The van der Waals surface area contributed by atoms with Crippen LogP contribution in [0.25, 0.3) is 43.6 Å². The molecule has 6 aromatic rings. The maximum atomic E-state index is 13.4. The Morgan fingerprint density at radius 1 is 0.750 bits per heavy atom. The van der Waals surface area contributed by atoms with Crippen molar-refractivity contribution in [3.05, 3.63) is 95.8 Å². The molecule has 0 bridgehead atoms. The molecule has 0 saturated heterocycles. The number of rotatable bonds is 2. The van der Waals surface area contributed by atoms with Gasteiger partial charge in [0.25, 0.3) is 5.91 Å².